The third-order valence-corrected chi connectivity index (χ3v) is 3.43. The van der Waals surface area contributed by atoms with E-state index in [1.807, 2.05) is 48.5 Å². The molecule has 0 fully saturated rings. The molecule has 0 aliphatic heterocycles. The van der Waals surface area contributed by atoms with Crippen LogP contribution in [0.2, 0.25) is 0 Å². The summed E-state index contributed by atoms with van der Waals surface area (Å²) in [5, 5.41) is 0. The van der Waals surface area contributed by atoms with E-state index in [0.717, 1.165) is 23.1 Å². The maximum absolute atomic E-state index is 12.1. The van der Waals surface area contributed by atoms with Crippen LogP contribution in [-0.2, 0) is 4.79 Å². The van der Waals surface area contributed by atoms with E-state index in [1.165, 1.54) is 0 Å². The smallest absolute Gasteiger partial charge is 0.163 e. The molecule has 2 aromatic carbocycles. The van der Waals surface area contributed by atoms with Crippen LogP contribution in [0.1, 0.15) is 23.5 Å². The van der Waals surface area contributed by atoms with Gasteiger partial charge in [0.1, 0.15) is 0 Å². The Morgan fingerprint density at radius 3 is 2.11 bits per heavy atom. The first-order valence-electron chi connectivity index (χ1n) is 6.19. The van der Waals surface area contributed by atoms with E-state index in [1.54, 1.807) is 6.08 Å². The van der Waals surface area contributed by atoms with E-state index in [-0.39, 0.29) is 11.7 Å². The fourth-order valence-electron chi connectivity index (χ4n) is 2.47. The molecule has 18 heavy (non-hydrogen) atoms. The second-order valence-electron chi connectivity index (χ2n) is 4.61. The molecule has 0 heterocycles. The highest BCUT2D eigenvalue weighted by Gasteiger charge is 2.26. The van der Waals surface area contributed by atoms with Gasteiger partial charge in [-0.1, -0.05) is 60.7 Å². The Bertz CT molecular complexity index is 582. The van der Waals surface area contributed by atoms with E-state index < -0.39 is 0 Å². The van der Waals surface area contributed by atoms with Crippen molar-refractivity contribution in [1.82, 2.24) is 0 Å². The average Bonchev–Trinajstić information content (AvgIpc) is 2.83. The molecule has 0 amide bonds. The maximum atomic E-state index is 12.1. The van der Waals surface area contributed by atoms with Crippen molar-refractivity contribution in [2.75, 3.05) is 0 Å². The first kappa shape index (κ1) is 11.0. The predicted molar refractivity (Wildman–Crippen MR) is 73.2 cm³/mol. The predicted octanol–water partition coefficient (Wildman–Crippen LogP) is 3.83. The van der Waals surface area contributed by atoms with Crippen LogP contribution in [-0.4, -0.2) is 5.78 Å². The van der Waals surface area contributed by atoms with Crippen molar-refractivity contribution in [1.29, 1.82) is 0 Å². The van der Waals surface area contributed by atoms with Gasteiger partial charge < -0.3 is 0 Å². The summed E-state index contributed by atoms with van der Waals surface area (Å²) < 4.78 is 0. The zero-order valence-corrected chi connectivity index (χ0v) is 10.0. The highest BCUT2D eigenvalue weighted by molar-refractivity contribution is 6.06. The van der Waals surface area contributed by atoms with Gasteiger partial charge in [0, 0.05) is 0 Å². The van der Waals surface area contributed by atoms with Crippen LogP contribution in [0.4, 0.5) is 0 Å². The summed E-state index contributed by atoms with van der Waals surface area (Å²) >= 11 is 0. The molecular formula is C17H14O. The second-order valence-corrected chi connectivity index (χ2v) is 4.61. The van der Waals surface area contributed by atoms with Crippen LogP contribution in [0.15, 0.2) is 66.7 Å². The average molecular weight is 234 g/mol. The molecule has 0 N–H and O–H groups in total. The zero-order chi connectivity index (χ0) is 12.4. The molecule has 1 aliphatic carbocycles. The Morgan fingerprint density at radius 1 is 0.833 bits per heavy atom. The molecule has 0 bridgehead atoms. The third-order valence-electron chi connectivity index (χ3n) is 3.43. The molecule has 0 radical (unpaired) electrons. The van der Waals surface area contributed by atoms with Crippen LogP contribution in [0.25, 0.3) is 5.57 Å². The van der Waals surface area contributed by atoms with Crippen LogP contribution >= 0.6 is 0 Å². The topological polar surface area (TPSA) is 17.1 Å². The van der Waals surface area contributed by atoms with Crippen molar-refractivity contribution in [3.63, 3.8) is 0 Å². The Balaban J connectivity index is 1.88. The Kier molecular flexibility index (Phi) is 2.81. The second kappa shape index (κ2) is 4.61. The van der Waals surface area contributed by atoms with Gasteiger partial charge in [-0.2, -0.15) is 0 Å². The fourth-order valence-corrected chi connectivity index (χ4v) is 2.47. The molecule has 3 rings (SSSR count). The Morgan fingerprint density at radius 2 is 1.44 bits per heavy atom. The van der Waals surface area contributed by atoms with Gasteiger partial charge >= 0.3 is 0 Å². The van der Waals surface area contributed by atoms with Gasteiger partial charge in [-0.05, 0) is 29.2 Å². The number of benzene rings is 2. The minimum absolute atomic E-state index is 0.00130. The van der Waals surface area contributed by atoms with E-state index in [2.05, 4.69) is 12.1 Å². The molecular weight excluding hydrogens is 220 g/mol. The highest BCUT2D eigenvalue weighted by atomic mass is 16.1. The summed E-state index contributed by atoms with van der Waals surface area (Å²) in [6.07, 6.45) is 2.61. The van der Waals surface area contributed by atoms with Crippen LogP contribution in [0, 0.1) is 0 Å². The lowest BCUT2D eigenvalue weighted by atomic mass is 9.93. The molecule has 1 nitrogen and oxygen atoms in total. The third kappa shape index (κ3) is 2.00. The van der Waals surface area contributed by atoms with Gasteiger partial charge in [-0.25, -0.2) is 0 Å². The number of ketones is 1. The van der Waals surface area contributed by atoms with E-state index in [0.29, 0.717) is 0 Å². The molecule has 0 spiro atoms. The molecule has 1 aliphatic rings. The summed E-state index contributed by atoms with van der Waals surface area (Å²) in [5.74, 6) is 0.224. The standard InChI is InChI=1S/C17H14O/c18-17-12-15(13-7-3-1-4-8-13)11-16(17)14-9-5-2-6-10-14/h1-10,12,16H,11H2. The van der Waals surface area contributed by atoms with Crippen LogP contribution in [0.3, 0.4) is 0 Å². The molecule has 1 atom stereocenters. The largest absolute Gasteiger partial charge is 0.294 e. The summed E-state index contributed by atoms with van der Waals surface area (Å²) in [7, 11) is 0. The van der Waals surface area contributed by atoms with E-state index in [4.69, 9.17) is 0 Å². The lowest BCUT2D eigenvalue weighted by Crippen LogP contribution is -2.03. The molecule has 0 aromatic heterocycles. The molecule has 2 aromatic rings. The van der Waals surface area contributed by atoms with E-state index >= 15 is 0 Å². The van der Waals surface area contributed by atoms with E-state index in [9.17, 15) is 4.79 Å². The van der Waals surface area contributed by atoms with Crippen molar-refractivity contribution in [3.05, 3.63) is 77.9 Å². The van der Waals surface area contributed by atoms with Gasteiger partial charge in [0.15, 0.2) is 5.78 Å². The van der Waals surface area contributed by atoms with Crippen molar-refractivity contribution >= 4 is 11.4 Å². The summed E-state index contributed by atoms with van der Waals surface area (Å²) in [6, 6.07) is 20.2. The molecule has 0 saturated carbocycles. The summed E-state index contributed by atoms with van der Waals surface area (Å²) in [5.41, 5.74) is 3.42. The minimum Gasteiger partial charge on any atom is -0.294 e. The molecule has 1 heteroatoms. The normalized spacial score (nSPS) is 18.8. The molecule has 88 valence electrons. The Hall–Kier alpha value is -2.15. The van der Waals surface area contributed by atoms with Crippen molar-refractivity contribution in [2.24, 2.45) is 0 Å². The minimum atomic E-state index is 0.00130. The molecule has 0 saturated heterocycles. The first-order valence-corrected chi connectivity index (χ1v) is 6.19. The lowest BCUT2D eigenvalue weighted by molar-refractivity contribution is -0.115. The number of allylic oxidation sites excluding steroid dienone is 2. The van der Waals surface area contributed by atoms with Crippen molar-refractivity contribution in [2.45, 2.75) is 12.3 Å². The maximum Gasteiger partial charge on any atom is 0.163 e. The van der Waals surface area contributed by atoms with Gasteiger partial charge in [0.2, 0.25) is 0 Å². The monoisotopic (exact) mass is 234 g/mol. The zero-order valence-electron chi connectivity index (χ0n) is 10.0. The quantitative estimate of drug-likeness (QED) is 0.771. The van der Waals surface area contributed by atoms with Crippen LogP contribution in [0.5, 0.6) is 0 Å². The highest BCUT2D eigenvalue weighted by Crippen LogP contribution is 2.36. The van der Waals surface area contributed by atoms with Gasteiger partial charge in [0.25, 0.3) is 0 Å². The van der Waals surface area contributed by atoms with Crippen molar-refractivity contribution in [3.8, 4) is 0 Å². The Labute approximate surface area is 107 Å². The number of hydrogen-bond donors (Lipinski definition) is 0. The fraction of sp³-hybridized carbons (Fsp3) is 0.118. The first-order chi connectivity index (χ1) is 8.84. The number of carbonyl (C=O) groups is 1. The molecule has 1 unspecified atom stereocenters. The number of rotatable bonds is 2. The number of carbonyl (C=O) groups excluding carboxylic acids is 1. The number of hydrogen-bond acceptors (Lipinski definition) is 1. The van der Waals surface area contributed by atoms with Crippen LogP contribution < -0.4 is 0 Å². The lowest BCUT2D eigenvalue weighted by Gasteiger charge is -2.09. The SMILES string of the molecule is O=C1C=C(c2ccccc2)CC1c1ccccc1. The van der Waals surface area contributed by atoms with Gasteiger partial charge in [-0.15, -0.1) is 0 Å². The van der Waals surface area contributed by atoms with Gasteiger partial charge in [-0.3, -0.25) is 4.79 Å². The van der Waals surface area contributed by atoms with Gasteiger partial charge in [0.05, 0.1) is 5.92 Å². The summed E-state index contributed by atoms with van der Waals surface area (Å²) in [6.45, 7) is 0. The summed E-state index contributed by atoms with van der Waals surface area (Å²) in [4.78, 5) is 12.1. The van der Waals surface area contributed by atoms with Crippen molar-refractivity contribution < 1.29 is 4.79 Å².